The standard InChI is InChI=1S/C9H11F5N2O3/c1-3-19-6(17)16-7(18,4-5(2)15-16)8(10,11)9(12,13)14/h18H,3-4H2,1-2H3/t7-/m0/s1. The van der Waals surface area contributed by atoms with Gasteiger partial charge >= 0.3 is 18.2 Å². The Morgan fingerprint density at radius 2 is 2.00 bits per heavy atom. The van der Waals surface area contributed by atoms with Crippen molar-refractivity contribution < 1.29 is 36.6 Å². The Morgan fingerprint density at radius 3 is 2.42 bits per heavy atom. The van der Waals surface area contributed by atoms with E-state index in [1.165, 1.54) is 6.92 Å². The summed E-state index contributed by atoms with van der Waals surface area (Å²) in [5.74, 6) is -5.55. The van der Waals surface area contributed by atoms with Gasteiger partial charge in [0.15, 0.2) is 0 Å². The van der Waals surface area contributed by atoms with E-state index in [0.717, 1.165) is 6.92 Å². The van der Waals surface area contributed by atoms with E-state index in [1.54, 1.807) is 0 Å². The third-order valence-electron chi connectivity index (χ3n) is 2.42. The van der Waals surface area contributed by atoms with E-state index < -0.39 is 30.3 Å². The van der Waals surface area contributed by atoms with Crippen molar-refractivity contribution >= 4 is 11.8 Å². The summed E-state index contributed by atoms with van der Waals surface area (Å²) in [6.45, 7) is 2.17. The first-order chi connectivity index (χ1) is 8.47. The average Bonchev–Trinajstić information content (AvgIpc) is 2.54. The fraction of sp³-hybridized carbons (Fsp3) is 0.778. The topological polar surface area (TPSA) is 62.1 Å². The van der Waals surface area contributed by atoms with Gasteiger partial charge in [-0.2, -0.15) is 32.1 Å². The third-order valence-corrected chi connectivity index (χ3v) is 2.42. The molecule has 10 heteroatoms. The van der Waals surface area contributed by atoms with Gasteiger partial charge in [-0.25, -0.2) is 4.79 Å². The highest BCUT2D eigenvalue weighted by molar-refractivity contribution is 5.87. The second kappa shape index (κ2) is 4.58. The van der Waals surface area contributed by atoms with E-state index in [0.29, 0.717) is 0 Å². The Balaban J connectivity index is 3.19. The number of alkyl halides is 5. The predicted octanol–water partition coefficient (Wildman–Crippen LogP) is 2.11. The van der Waals surface area contributed by atoms with Gasteiger partial charge in [-0.15, -0.1) is 0 Å². The summed E-state index contributed by atoms with van der Waals surface area (Å²) in [6, 6.07) is 0. The summed E-state index contributed by atoms with van der Waals surface area (Å²) in [4.78, 5) is 11.3. The van der Waals surface area contributed by atoms with Crippen molar-refractivity contribution in [3.05, 3.63) is 0 Å². The van der Waals surface area contributed by atoms with Crippen molar-refractivity contribution in [1.82, 2.24) is 5.01 Å². The van der Waals surface area contributed by atoms with Crippen LogP contribution in [0.25, 0.3) is 0 Å². The minimum Gasteiger partial charge on any atom is -0.448 e. The Hall–Kier alpha value is -1.45. The molecule has 1 N–H and O–H groups in total. The fourth-order valence-electron chi connectivity index (χ4n) is 1.57. The normalized spacial score (nSPS) is 24.4. The molecular formula is C9H11F5N2O3. The molecule has 0 unspecified atom stereocenters. The van der Waals surface area contributed by atoms with Crippen LogP contribution in [0.3, 0.4) is 0 Å². The van der Waals surface area contributed by atoms with E-state index in [1.807, 2.05) is 0 Å². The molecule has 0 radical (unpaired) electrons. The summed E-state index contributed by atoms with van der Waals surface area (Å²) in [5.41, 5.74) is -4.07. The van der Waals surface area contributed by atoms with Gasteiger partial charge in [-0.3, -0.25) is 0 Å². The number of amides is 1. The molecule has 1 aliphatic rings. The maximum Gasteiger partial charge on any atom is 0.458 e. The molecule has 0 spiro atoms. The molecule has 0 aliphatic carbocycles. The molecule has 0 aromatic heterocycles. The second-order valence-corrected chi connectivity index (χ2v) is 3.91. The average molecular weight is 290 g/mol. The van der Waals surface area contributed by atoms with Crippen LogP contribution in [-0.4, -0.2) is 46.4 Å². The van der Waals surface area contributed by atoms with Gasteiger partial charge < -0.3 is 9.84 Å². The Morgan fingerprint density at radius 1 is 1.47 bits per heavy atom. The maximum atomic E-state index is 13.3. The summed E-state index contributed by atoms with van der Waals surface area (Å²) < 4.78 is 68.0. The molecule has 0 saturated heterocycles. The molecule has 0 saturated carbocycles. The minimum atomic E-state index is -6.04. The number of rotatable bonds is 2. The number of aliphatic hydroxyl groups is 1. The van der Waals surface area contributed by atoms with Crippen molar-refractivity contribution in [2.24, 2.45) is 5.10 Å². The molecule has 19 heavy (non-hydrogen) atoms. The Kier molecular flexibility index (Phi) is 3.76. The van der Waals surface area contributed by atoms with Crippen LogP contribution >= 0.6 is 0 Å². The Labute approximate surface area is 104 Å². The molecule has 1 amide bonds. The Bertz CT molecular complexity index is 409. The zero-order valence-electron chi connectivity index (χ0n) is 9.96. The van der Waals surface area contributed by atoms with Crippen LogP contribution in [0.5, 0.6) is 0 Å². The first kappa shape index (κ1) is 15.6. The van der Waals surface area contributed by atoms with Crippen LogP contribution in [-0.2, 0) is 4.74 Å². The summed E-state index contributed by atoms with van der Waals surface area (Å²) >= 11 is 0. The second-order valence-electron chi connectivity index (χ2n) is 3.91. The summed E-state index contributed by atoms with van der Waals surface area (Å²) in [5, 5.41) is 12.4. The van der Waals surface area contributed by atoms with Crippen LogP contribution in [0.4, 0.5) is 26.7 Å². The quantitative estimate of drug-likeness (QED) is 0.792. The van der Waals surface area contributed by atoms with Gasteiger partial charge in [0.25, 0.3) is 0 Å². The molecule has 0 bridgehead atoms. The number of nitrogens with zero attached hydrogens (tertiary/aromatic N) is 2. The number of carbonyl (C=O) groups is 1. The minimum absolute atomic E-state index is 0.250. The van der Waals surface area contributed by atoms with Gasteiger partial charge in [0.1, 0.15) is 0 Å². The number of hydrogen-bond donors (Lipinski definition) is 1. The van der Waals surface area contributed by atoms with Crippen molar-refractivity contribution in [2.75, 3.05) is 6.61 Å². The fourth-order valence-corrected chi connectivity index (χ4v) is 1.57. The van der Waals surface area contributed by atoms with Gasteiger partial charge in [-0.1, -0.05) is 0 Å². The molecule has 1 heterocycles. The van der Waals surface area contributed by atoms with Crippen LogP contribution in [0.2, 0.25) is 0 Å². The highest BCUT2D eigenvalue weighted by Gasteiger charge is 2.75. The molecular weight excluding hydrogens is 279 g/mol. The van der Waals surface area contributed by atoms with Crippen molar-refractivity contribution in [2.45, 2.75) is 38.1 Å². The number of carbonyl (C=O) groups excluding carboxylic acids is 1. The molecule has 1 aliphatic heterocycles. The maximum absolute atomic E-state index is 13.3. The van der Waals surface area contributed by atoms with E-state index in [2.05, 4.69) is 9.84 Å². The lowest BCUT2D eigenvalue weighted by atomic mass is 9.99. The lowest BCUT2D eigenvalue weighted by Crippen LogP contribution is -2.64. The SMILES string of the molecule is CCOC(=O)N1N=C(C)C[C@]1(O)C(F)(F)C(F)(F)F. The molecule has 5 nitrogen and oxygen atoms in total. The largest absolute Gasteiger partial charge is 0.458 e. The molecule has 0 aromatic carbocycles. The smallest absolute Gasteiger partial charge is 0.448 e. The van der Waals surface area contributed by atoms with E-state index >= 15 is 0 Å². The first-order valence-electron chi connectivity index (χ1n) is 5.15. The van der Waals surface area contributed by atoms with E-state index in [9.17, 15) is 31.9 Å². The number of hydrogen-bond acceptors (Lipinski definition) is 4. The third kappa shape index (κ3) is 2.36. The van der Waals surface area contributed by atoms with Gasteiger partial charge in [-0.05, 0) is 13.8 Å². The number of halogens is 5. The van der Waals surface area contributed by atoms with E-state index in [4.69, 9.17) is 0 Å². The van der Waals surface area contributed by atoms with Gasteiger partial charge in [0, 0.05) is 12.1 Å². The lowest BCUT2D eigenvalue weighted by molar-refractivity contribution is -0.363. The zero-order chi connectivity index (χ0) is 15.1. The number of hydrazone groups is 1. The number of ether oxygens (including phenoxy) is 1. The highest BCUT2D eigenvalue weighted by atomic mass is 19.4. The molecule has 110 valence electrons. The highest BCUT2D eigenvalue weighted by Crippen LogP contribution is 2.48. The molecule has 1 rings (SSSR count). The van der Waals surface area contributed by atoms with Gasteiger partial charge in [0.2, 0.25) is 5.72 Å². The monoisotopic (exact) mass is 290 g/mol. The van der Waals surface area contributed by atoms with E-state index in [-0.39, 0.29) is 17.3 Å². The van der Waals surface area contributed by atoms with Gasteiger partial charge in [0.05, 0.1) is 6.61 Å². The van der Waals surface area contributed by atoms with Crippen LogP contribution in [0.15, 0.2) is 5.10 Å². The molecule has 0 fully saturated rings. The lowest BCUT2D eigenvalue weighted by Gasteiger charge is -2.37. The van der Waals surface area contributed by atoms with Crippen molar-refractivity contribution in [1.29, 1.82) is 0 Å². The van der Waals surface area contributed by atoms with Crippen LogP contribution in [0, 0.1) is 0 Å². The summed E-state index contributed by atoms with van der Waals surface area (Å²) in [6.07, 6.45) is -8.74. The molecule has 0 aromatic rings. The predicted molar refractivity (Wildman–Crippen MR) is 52.5 cm³/mol. The van der Waals surface area contributed by atoms with Crippen LogP contribution in [0.1, 0.15) is 20.3 Å². The summed E-state index contributed by atoms with van der Waals surface area (Å²) in [7, 11) is 0. The zero-order valence-corrected chi connectivity index (χ0v) is 9.96. The van der Waals surface area contributed by atoms with Crippen LogP contribution < -0.4 is 0 Å². The molecule has 1 atom stereocenters. The van der Waals surface area contributed by atoms with Crippen molar-refractivity contribution in [3.63, 3.8) is 0 Å². The van der Waals surface area contributed by atoms with Crippen molar-refractivity contribution in [3.8, 4) is 0 Å². The first-order valence-corrected chi connectivity index (χ1v) is 5.15.